The van der Waals surface area contributed by atoms with E-state index in [0.29, 0.717) is 11.4 Å². The number of methoxy groups -OCH3 is 1. The third-order valence-corrected chi connectivity index (χ3v) is 5.44. The summed E-state index contributed by atoms with van der Waals surface area (Å²) >= 11 is 0. The Morgan fingerprint density at radius 2 is 1.94 bits per heavy atom. The molecule has 2 heterocycles. The maximum atomic E-state index is 13.1. The van der Waals surface area contributed by atoms with E-state index in [9.17, 15) is 4.79 Å². The van der Waals surface area contributed by atoms with Gasteiger partial charge in [0.1, 0.15) is 23.3 Å². The largest absolute Gasteiger partial charge is 0.494 e. The summed E-state index contributed by atoms with van der Waals surface area (Å²) in [5.74, 6) is 1.42. The van der Waals surface area contributed by atoms with E-state index in [1.807, 2.05) is 85.5 Å². The Labute approximate surface area is 181 Å². The van der Waals surface area contributed by atoms with E-state index in [1.54, 1.807) is 7.11 Å². The van der Waals surface area contributed by atoms with Crippen molar-refractivity contribution in [3.05, 3.63) is 65.7 Å². The number of nitrogens with zero attached hydrogens (tertiary/aromatic N) is 4. The highest BCUT2D eigenvalue weighted by Gasteiger charge is 2.21. The van der Waals surface area contributed by atoms with Gasteiger partial charge in [0, 0.05) is 23.9 Å². The van der Waals surface area contributed by atoms with Crippen molar-refractivity contribution < 1.29 is 9.53 Å². The summed E-state index contributed by atoms with van der Waals surface area (Å²) in [6, 6.07) is 15.1. The Balaban J connectivity index is 1.62. The smallest absolute Gasteiger partial charge is 0.247 e. The van der Waals surface area contributed by atoms with Gasteiger partial charge in [-0.3, -0.25) is 4.79 Å². The van der Waals surface area contributed by atoms with Crippen LogP contribution in [0.25, 0.3) is 16.7 Å². The lowest BCUT2D eigenvalue weighted by molar-refractivity contribution is -0.118. The van der Waals surface area contributed by atoms with E-state index in [2.05, 4.69) is 15.4 Å². The summed E-state index contributed by atoms with van der Waals surface area (Å²) in [6.45, 7) is 7.89. The van der Waals surface area contributed by atoms with Gasteiger partial charge in [-0.2, -0.15) is 5.10 Å². The first-order valence-electron chi connectivity index (χ1n) is 10.4. The molecular formula is C24H27N5O2. The Kier molecular flexibility index (Phi) is 5.50. The molecule has 0 fully saturated rings. The zero-order valence-electron chi connectivity index (χ0n) is 18.5. The van der Waals surface area contributed by atoms with Crippen molar-refractivity contribution in [3.8, 4) is 11.4 Å². The van der Waals surface area contributed by atoms with Crippen molar-refractivity contribution in [3.63, 3.8) is 0 Å². The predicted octanol–water partition coefficient (Wildman–Crippen LogP) is 4.61. The summed E-state index contributed by atoms with van der Waals surface area (Å²) in [5, 5.41) is 7.55. The van der Waals surface area contributed by atoms with Crippen LogP contribution in [-0.2, 0) is 11.2 Å². The summed E-state index contributed by atoms with van der Waals surface area (Å²) in [4.78, 5) is 17.8. The monoisotopic (exact) mass is 417 g/mol. The third-order valence-electron chi connectivity index (χ3n) is 5.44. The van der Waals surface area contributed by atoms with Gasteiger partial charge in [0.25, 0.3) is 0 Å². The molecule has 0 bridgehead atoms. The molecule has 2 aromatic heterocycles. The summed E-state index contributed by atoms with van der Waals surface area (Å²) in [7, 11) is 1.61. The lowest BCUT2D eigenvalue weighted by Crippen LogP contribution is -2.25. The first kappa shape index (κ1) is 20.7. The quantitative estimate of drug-likeness (QED) is 0.497. The number of imidazole rings is 1. The van der Waals surface area contributed by atoms with E-state index >= 15 is 0 Å². The van der Waals surface area contributed by atoms with Gasteiger partial charge in [0.05, 0.1) is 23.8 Å². The molecule has 2 aromatic carbocycles. The average Bonchev–Trinajstić information content (AvgIpc) is 3.31. The van der Waals surface area contributed by atoms with Gasteiger partial charge in [0.2, 0.25) is 5.91 Å². The lowest BCUT2D eigenvalue weighted by Gasteiger charge is -2.18. The van der Waals surface area contributed by atoms with Crippen LogP contribution in [0.1, 0.15) is 37.1 Å². The molecule has 7 nitrogen and oxygen atoms in total. The molecule has 0 saturated carbocycles. The molecule has 0 saturated heterocycles. The van der Waals surface area contributed by atoms with E-state index < -0.39 is 6.04 Å². The summed E-state index contributed by atoms with van der Waals surface area (Å²) in [5.41, 5.74) is 5.30. The predicted molar refractivity (Wildman–Crippen MR) is 122 cm³/mol. The average molecular weight is 418 g/mol. The first-order chi connectivity index (χ1) is 14.9. The van der Waals surface area contributed by atoms with Crippen molar-refractivity contribution in [2.45, 2.75) is 40.2 Å². The van der Waals surface area contributed by atoms with Crippen molar-refractivity contribution >= 4 is 22.6 Å². The fourth-order valence-corrected chi connectivity index (χ4v) is 3.94. The second-order valence-electron chi connectivity index (χ2n) is 7.63. The molecule has 1 N–H and O–H groups in total. The van der Waals surface area contributed by atoms with Crippen LogP contribution < -0.4 is 10.1 Å². The van der Waals surface area contributed by atoms with E-state index in [4.69, 9.17) is 4.74 Å². The number of aromatic nitrogens is 4. The van der Waals surface area contributed by atoms with Gasteiger partial charge in [-0.15, -0.1) is 0 Å². The molecule has 4 rings (SSSR count). The maximum absolute atomic E-state index is 13.1. The normalized spacial score (nSPS) is 12.2. The molecule has 0 radical (unpaired) electrons. The molecular weight excluding hydrogens is 390 g/mol. The van der Waals surface area contributed by atoms with Crippen molar-refractivity contribution in [2.75, 3.05) is 12.4 Å². The van der Waals surface area contributed by atoms with E-state index in [1.165, 1.54) is 0 Å². The van der Waals surface area contributed by atoms with Gasteiger partial charge < -0.3 is 14.6 Å². The van der Waals surface area contributed by atoms with Crippen LogP contribution in [0.15, 0.2) is 48.5 Å². The molecule has 1 atom stereocenters. The molecule has 0 unspecified atom stereocenters. The van der Waals surface area contributed by atoms with Crippen LogP contribution in [0.4, 0.5) is 5.69 Å². The number of ether oxygens (including phenoxy) is 1. The fourth-order valence-electron chi connectivity index (χ4n) is 3.94. The Morgan fingerprint density at radius 3 is 2.61 bits per heavy atom. The second-order valence-corrected chi connectivity index (χ2v) is 7.63. The minimum Gasteiger partial charge on any atom is -0.494 e. The maximum Gasteiger partial charge on any atom is 0.247 e. The van der Waals surface area contributed by atoms with Crippen LogP contribution in [0.3, 0.4) is 0 Å². The number of anilines is 1. The number of aryl methyl sites for hydroxylation is 3. The van der Waals surface area contributed by atoms with Gasteiger partial charge >= 0.3 is 0 Å². The number of nitrogens with one attached hydrogen (secondary N) is 1. The van der Waals surface area contributed by atoms with Crippen LogP contribution in [0.2, 0.25) is 0 Å². The standard InChI is InChI=1S/C24H27N5O2/c1-6-23-26-19-9-7-8-10-20(19)28(23)17(4)24(30)25-18-11-12-21(22(14-18)31-5)29-16(3)13-15(2)27-29/h7-14,17H,6H2,1-5H3,(H,25,30)/t17-/m0/s1. The number of carbonyl (C=O) groups is 1. The highest BCUT2D eigenvalue weighted by atomic mass is 16.5. The molecule has 1 amide bonds. The number of carbonyl (C=O) groups excluding carboxylic acids is 1. The Morgan fingerprint density at radius 1 is 1.16 bits per heavy atom. The fraction of sp³-hybridized carbons (Fsp3) is 0.292. The zero-order chi connectivity index (χ0) is 22.1. The first-order valence-corrected chi connectivity index (χ1v) is 10.4. The Bertz CT molecular complexity index is 1250. The SMILES string of the molecule is CCc1nc2ccccc2n1[C@@H](C)C(=O)Nc1ccc(-n2nc(C)cc2C)c(OC)c1. The van der Waals surface area contributed by atoms with Crippen molar-refractivity contribution in [2.24, 2.45) is 0 Å². The van der Waals surface area contributed by atoms with Gasteiger partial charge in [-0.1, -0.05) is 19.1 Å². The summed E-state index contributed by atoms with van der Waals surface area (Å²) in [6.07, 6.45) is 0.747. The van der Waals surface area contributed by atoms with E-state index in [-0.39, 0.29) is 5.91 Å². The zero-order valence-corrected chi connectivity index (χ0v) is 18.5. The highest BCUT2D eigenvalue weighted by molar-refractivity contribution is 5.95. The van der Waals surface area contributed by atoms with Crippen LogP contribution in [-0.4, -0.2) is 32.3 Å². The number of rotatable bonds is 6. The summed E-state index contributed by atoms with van der Waals surface area (Å²) < 4.78 is 9.43. The molecule has 4 aromatic rings. The minimum atomic E-state index is -0.413. The second kappa shape index (κ2) is 8.26. The molecule has 0 spiro atoms. The molecule has 0 aliphatic heterocycles. The van der Waals surface area contributed by atoms with Crippen LogP contribution in [0.5, 0.6) is 5.75 Å². The topological polar surface area (TPSA) is 74.0 Å². The van der Waals surface area contributed by atoms with Crippen molar-refractivity contribution in [1.82, 2.24) is 19.3 Å². The van der Waals surface area contributed by atoms with Gasteiger partial charge in [-0.05, 0) is 51.1 Å². The molecule has 0 aliphatic carbocycles. The van der Waals surface area contributed by atoms with Crippen LogP contribution >= 0.6 is 0 Å². The number of hydrogen-bond donors (Lipinski definition) is 1. The molecule has 7 heteroatoms. The van der Waals surface area contributed by atoms with Gasteiger partial charge in [-0.25, -0.2) is 9.67 Å². The number of fused-ring (bicyclic) bond motifs is 1. The number of para-hydroxylation sites is 2. The molecule has 0 aliphatic rings. The lowest BCUT2D eigenvalue weighted by atomic mass is 10.2. The highest BCUT2D eigenvalue weighted by Crippen LogP contribution is 2.29. The van der Waals surface area contributed by atoms with Gasteiger partial charge in [0.15, 0.2) is 0 Å². The Hall–Kier alpha value is -3.61. The molecule has 160 valence electrons. The minimum absolute atomic E-state index is 0.112. The number of hydrogen-bond acceptors (Lipinski definition) is 4. The number of benzene rings is 2. The number of amides is 1. The third kappa shape index (κ3) is 3.79. The van der Waals surface area contributed by atoms with E-state index in [0.717, 1.165) is 40.4 Å². The van der Waals surface area contributed by atoms with Crippen LogP contribution in [0, 0.1) is 13.8 Å². The molecule has 31 heavy (non-hydrogen) atoms. The van der Waals surface area contributed by atoms with Crippen molar-refractivity contribution in [1.29, 1.82) is 0 Å².